The lowest BCUT2D eigenvalue weighted by Crippen LogP contribution is -2.60. The Balaban J connectivity index is 3.00. The number of imidazole rings is 1. The van der Waals surface area contributed by atoms with Crippen LogP contribution in [-0.2, 0) is 30.4 Å². The van der Waals surface area contributed by atoms with Gasteiger partial charge in [-0.3, -0.25) is 19.2 Å². The number of unbranched alkanes of at least 4 members (excludes halogenated alkanes) is 1. The summed E-state index contributed by atoms with van der Waals surface area (Å²) in [6.07, 6.45) is 1.97. The lowest BCUT2D eigenvalue weighted by Gasteiger charge is -2.26. The third-order valence-electron chi connectivity index (χ3n) is 4.99. The van der Waals surface area contributed by atoms with Crippen molar-refractivity contribution in [2.75, 3.05) is 6.54 Å². The molecule has 0 spiro atoms. The number of amides is 4. The van der Waals surface area contributed by atoms with Gasteiger partial charge in [0.2, 0.25) is 23.6 Å². The number of carbonyl (C=O) groups excluding carboxylic acids is 4. The molecule has 1 aromatic heterocycles. The monoisotopic (exact) mass is 498 g/mol. The first kappa shape index (κ1) is 29.5. The van der Waals surface area contributed by atoms with Crippen LogP contribution in [0, 0.1) is 0 Å². The molecule has 15 nitrogen and oxygen atoms in total. The Morgan fingerprint density at radius 1 is 1.06 bits per heavy atom. The van der Waals surface area contributed by atoms with Crippen LogP contribution in [0.1, 0.15) is 38.3 Å². The minimum absolute atomic E-state index is 0.0889. The number of carboxylic acid groups (broad SMARTS) is 1. The predicted octanol–water partition coefficient (Wildman–Crippen LogP) is -3.80. The van der Waals surface area contributed by atoms with E-state index in [9.17, 15) is 34.2 Å². The molecule has 1 rings (SSSR count). The van der Waals surface area contributed by atoms with Gasteiger partial charge in [0.1, 0.15) is 18.1 Å². The largest absolute Gasteiger partial charge is 0.480 e. The van der Waals surface area contributed by atoms with Crippen molar-refractivity contribution in [3.8, 4) is 0 Å². The Morgan fingerprint density at radius 3 is 2.23 bits per heavy atom. The summed E-state index contributed by atoms with van der Waals surface area (Å²) in [6.45, 7) is 1.60. The number of carboxylic acids is 1. The zero-order valence-corrected chi connectivity index (χ0v) is 19.4. The first-order valence-corrected chi connectivity index (χ1v) is 11.0. The maximum Gasteiger partial charge on any atom is 0.326 e. The van der Waals surface area contributed by atoms with Crippen molar-refractivity contribution in [1.29, 1.82) is 0 Å². The highest BCUT2D eigenvalue weighted by molar-refractivity contribution is 5.95. The maximum atomic E-state index is 12.9. The van der Waals surface area contributed by atoms with Gasteiger partial charge in [-0.2, -0.15) is 0 Å². The summed E-state index contributed by atoms with van der Waals surface area (Å²) in [4.78, 5) is 67.2. The van der Waals surface area contributed by atoms with Gasteiger partial charge < -0.3 is 48.3 Å². The van der Waals surface area contributed by atoms with Gasteiger partial charge in [-0.25, -0.2) is 9.78 Å². The van der Waals surface area contributed by atoms with E-state index in [0.29, 0.717) is 25.1 Å². The van der Waals surface area contributed by atoms with E-state index in [1.165, 1.54) is 19.4 Å². The Bertz CT molecular complexity index is 862. The van der Waals surface area contributed by atoms with Crippen LogP contribution in [0.15, 0.2) is 12.5 Å². The van der Waals surface area contributed by atoms with Crippen LogP contribution in [0.5, 0.6) is 0 Å². The number of primary amides is 1. The lowest BCUT2D eigenvalue weighted by molar-refractivity contribution is -0.142. The second-order valence-electron chi connectivity index (χ2n) is 8.03. The number of hydrogen-bond donors (Lipinski definition) is 9. The van der Waals surface area contributed by atoms with E-state index in [-0.39, 0.29) is 12.8 Å². The zero-order valence-electron chi connectivity index (χ0n) is 19.4. The van der Waals surface area contributed by atoms with Crippen molar-refractivity contribution >= 4 is 29.6 Å². The third kappa shape index (κ3) is 10.5. The molecule has 15 heteroatoms. The number of aliphatic hydroxyl groups is 1. The molecular weight excluding hydrogens is 464 g/mol. The van der Waals surface area contributed by atoms with Crippen LogP contribution in [0.3, 0.4) is 0 Å². The van der Waals surface area contributed by atoms with Crippen LogP contribution in [0.25, 0.3) is 0 Å². The normalized spacial score (nSPS) is 15.2. The van der Waals surface area contributed by atoms with Crippen LogP contribution in [0.2, 0.25) is 0 Å². The Morgan fingerprint density at radius 2 is 1.71 bits per heavy atom. The quantitative estimate of drug-likeness (QED) is 0.100. The van der Waals surface area contributed by atoms with Crippen molar-refractivity contribution in [2.45, 2.75) is 69.3 Å². The van der Waals surface area contributed by atoms with Crippen LogP contribution >= 0.6 is 0 Å². The smallest absolute Gasteiger partial charge is 0.326 e. The van der Waals surface area contributed by atoms with Gasteiger partial charge in [-0.1, -0.05) is 0 Å². The average Bonchev–Trinajstić information content (AvgIpc) is 3.28. The SMILES string of the molecule is CC(O)C(NC(=O)C(N)CC(N)=O)C(=O)NC(Cc1cnc[nH]1)C(=O)NC(CCCCN)C(=O)O. The van der Waals surface area contributed by atoms with Crippen molar-refractivity contribution in [3.05, 3.63) is 18.2 Å². The first-order chi connectivity index (χ1) is 16.5. The van der Waals surface area contributed by atoms with E-state index in [2.05, 4.69) is 25.9 Å². The number of aliphatic carboxylic acids is 1. The van der Waals surface area contributed by atoms with E-state index in [1.54, 1.807) is 0 Å². The fourth-order valence-electron chi connectivity index (χ4n) is 3.08. The second-order valence-corrected chi connectivity index (χ2v) is 8.03. The molecular formula is C20H34N8O7. The van der Waals surface area contributed by atoms with Gasteiger partial charge in [0, 0.05) is 18.3 Å². The number of aliphatic hydroxyl groups excluding tert-OH is 1. The van der Waals surface area contributed by atoms with Gasteiger partial charge in [0.25, 0.3) is 0 Å². The summed E-state index contributed by atoms with van der Waals surface area (Å²) in [5.41, 5.74) is 16.5. The molecule has 0 aliphatic rings. The predicted molar refractivity (Wildman–Crippen MR) is 122 cm³/mol. The van der Waals surface area contributed by atoms with Gasteiger partial charge in [-0.05, 0) is 32.7 Å². The topological polar surface area (TPSA) is 269 Å². The molecule has 0 saturated heterocycles. The minimum atomic E-state index is -1.53. The van der Waals surface area contributed by atoms with Gasteiger partial charge in [0.05, 0.1) is 24.9 Å². The molecule has 5 atom stereocenters. The number of aromatic nitrogens is 2. The van der Waals surface area contributed by atoms with Gasteiger partial charge >= 0.3 is 5.97 Å². The molecule has 196 valence electrons. The first-order valence-electron chi connectivity index (χ1n) is 11.0. The Hall–Kier alpha value is -3.56. The molecule has 0 aromatic carbocycles. The summed E-state index contributed by atoms with van der Waals surface area (Å²) in [5.74, 6) is -4.73. The third-order valence-corrected chi connectivity index (χ3v) is 4.99. The number of rotatable bonds is 16. The fraction of sp³-hybridized carbons (Fsp3) is 0.600. The lowest BCUT2D eigenvalue weighted by atomic mass is 10.1. The number of carbonyl (C=O) groups is 5. The molecule has 5 unspecified atom stereocenters. The molecule has 0 bridgehead atoms. The van der Waals surface area contributed by atoms with Crippen LogP contribution < -0.4 is 33.2 Å². The molecule has 12 N–H and O–H groups in total. The number of hydrogen-bond acceptors (Lipinski definition) is 9. The van der Waals surface area contributed by atoms with E-state index in [0.717, 1.165) is 0 Å². The summed E-state index contributed by atoms with van der Waals surface area (Å²) >= 11 is 0. The van der Waals surface area contributed by atoms with E-state index in [4.69, 9.17) is 17.2 Å². The number of aromatic amines is 1. The Kier molecular flexibility index (Phi) is 12.3. The summed E-state index contributed by atoms with van der Waals surface area (Å²) < 4.78 is 0. The molecule has 1 heterocycles. The number of nitrogens with two attached hydrogens (primary N) is 3. The standard InChI is InChI=1S/C20H34N8O7/c1-10(29)16(28-17(31)12(22)7-15(23)30)19(33)27-14(6-11-8-24-9-25-11)18(32)26-13(20(34)35)4-2-3-5-21/h8-10,12-14,16,29H,2-7,21-22H2,1H3,(H2,23,30)(H,24,25)(H,26,32)(H,27,33)(H,28,31)(H,34,35). The van der Waals surface area contributed by atoms with Crippen molar-refractivity contribution in [3.63, 3.8) is 0 Å². The molecule has 0 fully saturated rings. The average molecular weight is 499 g/mol. The summed E-state index contributed by atoms with van der Waals surface area (Å²) in [5, 5.41) is 26.5. The molecule has 0 aliphatic carbocycles. The second kappa shape index (κ2) is 14.6. The molecule has 0 radical (unpaired) electrons. The number of nitrogens with zero attached hydrogens (tertiary/aromatic N) is 1. The molecule has 0 aliphatic heterocycles. The number of H-pyrrole nitrogens is 1. The maximum absolute atomic E-state index is 12.9. The molecule has 0 saturated carbocycles. The highest BCUT2D eigenvalue weighted by atomic mass is 16.4. The molecule has 1 aromatic rings. The number of nitrogens with one attached hydrogen (secondary N) is 4. The van der Waals surface area contributed by atoms with Crippen molar-refractivity contribution < 1.29 is 34.2 Å². The zero-order chi connectivity index (χ0) is 26.5. The highest BCUT2D eigenvalue weighted by Gasteiger charge is 2.33. The van der Waals surface area contributed by atoms with Crippen LogP contribution in [0.4, 0.5) is 0 Å². The van der Waals surface area contributed by atoms with Gasteiger partial charge in [-0.15, -0.1) is 0 Å². The minimum Gasteiger partial charge on any atom is -0.480 e. The van der Waals surface area contributed by atoms with Gasteiger partial charge in [0.15, 0.2) is 0 Å². The fourth-order valence-corrected chi connectivity index (χ4v) is 3.08. The van der Waals surface area contributed by atoms with E-state index in [1.807, 2.05) is 0 Å². The van der Waals surface area contributed by atoms with Crippen molar-refractivity contribution in [2.24, 2.45) is 17.2 Å². The molecule has 4 amide bonds. The highest BCUT2D eigenvalue weighted by Crippen LogP contribution is 2.05. The Labute approximate surface area is 201 Å². The van der Waals surface area contributed by atoms with E-state index >= 15 is 0 Å². The summed E-state index contributed by atoms with van der Waals surface area (Å²) in [6, 6.07) is -5.38. The molecule has 35 heavy (non-hydrogen) atoms. The van der Waals surface area contributed by atoms with E-state index < -0.39 is 66.3 Å². The van der Waals surface area contributed by atoms with Crippen molar-refractivity contribution in [1.82, 2.24) is 25.9 Å². The summed E-state index contributed by atoms with van der Waals surface area (Å²) in [7, 11) is 0. The van der Waals surface area contributed by atoms with Crippen LogP contribution in [-0.4, -0.2) is 86.6 Å².